The van der Waals surface area contributed by atoms with Gasteiger partial charge < -0.3 is 4.90 Å². The lowest BCUT2D eigenvalue weighted by molar-refractivity contribution is 0.777. The third kappa shape index (κ3) is 3.44. The van der Waals surface area contributed by atoms with Crippen LogP contribution >= 0.6 is 22.6 Å². The first-order chi connectivity index (χ1) is 12.1. The monoisotopic (exact) mass is 449 g/mol. The second-order valence-electron chi connectivity index (χ2n) is 6.41. The zero-order valence-corrected chi connectivity index (χ0v) is 16.6. The fourth-order valence-electron chi connectivity index (χ4n) is 3.14. The van der Waals surface area contributed by atoms with E-state index >= 15 is 0 Å². The van der Waals surface area contributed by atoms with Gasteiger partial charge in [0.25, 0.3) is 0 Å². The van der Waals surface area contributed by atoms with E-state index in [4.69, 9.17) is 4.98 Å². The highest BCUT2D eigenvalue weighted by Crippen LogP contribution is 2.20. The first-order valence-electron chi connectivity index (χ1n) is 8.56. The number of hydrogen-bond donors (Lipinski definition) is 0. The van der Waals surface area contributed by atoms with Crippen LogP contribution in [0.4, 0.5) is 5.82 Å². The van der Waals surface area contributed by atoms with Gasteiger partial charge in [-0.05, 0) is 49.3 Å². The van der Waals surface area contributed by atoms with Crippen LogP contribution in [0.2, 0.25) is 0 Å². The highest BCUT2D eigenvalue weighted by molar-refractivity contribution is 14.1. The number of fused-ring (bicyclic) bond motifs is 1. The topological polar surface area (TPSA) is 72.1 Å². The van der Waals surface area contributed by atoms with E-state index in [1.54, 1.807) is 0 Å². The van der Waals surface area contributed by atoms with Crippen molar-refractivity contribution >= 4 is 34.1 Å². The quantitative estimate of drug-likeness (QED) is 0.451. The molecular weight excluding hydrogens is 429 g/mol. The van der Waals surface area contributed by atoms with Gasteiger partial charge in [0.05, 0.1) is 11.4 Å². The van der Waals surface area contributed by atoms with Gasteiger partial charge in [0, 0.05) is 38.2 Å². The molecule has 1 saturated heterocycles. The Hall–Kier alpha value is -1.84. The second kappa shape index (κ2) is 6.81. The lowest BCUT2D eigenvalue weighted by atomic mass is 10.3. The number of aromatic nitrogens is 6. The molecule has 8 heteroatoms. The van der Waals surface area contributed by atoms with E-state index in [-0.39, 0.29) is 0 Å². The highest BCUT2D eigenvalue weighted by atomic mass is 127. The van der Waals surface area contributed by atoms with Crippen molar-refractivity contribution in [1.82, 2.24) is 29.5 Å². The maximum atomic E-state index is 4.75. The minimum atomic E-state index is 0.722. The van der Waals surface area contributed by atoms with Gasteiger partial charge in [0.1, 0.15) is 15.3 Å². The summed E-state index contributed by atoms with van der Waals surface area (Å²) in [6.45, 7) is 6.12. The number of nitrogens with zero attached hydrogens (tertiary/aromatic N) is 7. The normalized spacial score (nSPS) is 14.6. The predicted molar refractivity (Wildman–Crippen MR) is 104 cm³/mol. The lowest BCUT2D eigenvalue weighted by Crippen LogP contribution is -2.20. The van der Waals surface area contributed by atoms with Crippen molar-refractivity contribution in [3.8, 4) is 0 Å². The summed E-state index contributed by atoms with van der Waals surface area (Å²) in [7, 11) is 0. The molecule has 0 spiro atoms. The SMILES string of the molecule is Cc1ncc(C)n2nc(CCc3nc(I)cc(N4CCCC4)n3)nc12. The molecule has 7 nitrogen and oxygen atoms in total. The van der Waals surface area contributed by atoms with Crippen LogP contribution < -0.4 is 4.90 Å². The molecule has 0 N–H and O–H groups in total. The fourth-order valence-corrected chi connectivity index (χ4v) is 3.70. The zero-order valence-electron chi connectivity index (χ0n) is 14.4. The van der Waals surface area contributed by atoms with Crippen molar-refractivity contribution < 1.29 is 0 Å². The van der Waals surface area contributed by atoms with E-state index < -0.39 is 0 Å². The van der Waals surface area contributed by atoms with Gasteiger partial charge in [0.2, 0.25) is 0 Å². The molecule has 0 saturated carbocycles. The molecule has 3 aromatic heterocycles. The molecule has 130 valence electrons. The van der Waals surface area contributed by atoms with Crippen LogP contribution in [-0.2, 0) is 12.8 Å². The Labute approximate surface area is 160 Å². The van der Waals surface area contributed by atoms with Crippen LogP contribution in [0.1, 0.15) is 35.9 Å². The van der Waals surface area contributed by atoms with Crippen molar-refractivity contribution in [1.29, 1.82) is 0 Å². The summed E-state index contributed by atoms with van der Waals surface area (Å²) >= 11 is 2.27. The minimum Gasteiger partial charge on any atom is -0.356 e. The number of rotatable bonds is 4. The maximum absolute atomic E-state index is 4.75. The highest BCUT2D eigenvalue weighted by Gasteiger charge is 2.16. The fraction of sp³-hybridized carbons (Fsp3) is 0.471. The minimum absolute atomic E-state index is 0.722. The number of aryl methyl sites for hydroxylation is 4. The van der Waals surface area contributed by atoms with Gasteiger partial charge in [-0.15, -0.1) is 0 Å². The molecule has 0 bridgehead atoms. The van der Waals surface area contributed by atoms with Gasteiger partial charge in [-0.2, -0.15) is 5.10 Å². The van der Waals surface area contributed by atoms with Gasteiger partial charge in [-0.1, -0.05) is 0 Å². The van der Waals surface area contributed by atoms with E-state index in [0.717, 1.165) is 64.1 Å². The average molecular weight is 449 g/mol. The van der Waals surface area contributed by atoms with E-state index in [1.807, 2.05) is 24.6 Å². The van der Waals surface area contributed by atoms with Crippen LogP contribution in [0.5, 0.6) is 0 Å². The van der Waals surface area contributed by atoms with Crippen LogP contribution in [0, 0.1) is 17.5 Å². The Morgan fingerprint density at radius 2 is 1.80 bits per heavy atom. The number of halogens is 1. The molecule has 0 atom stereocenters. The Balaban J connectivity index is 1.55. The van der Waals surface area contributed by atoms with Crippen molar-refractivity contribution in [2.24, 2.45) is 0 Å². The smallest absolute Gasteiger partial charge is 0.177 e. The summed E-state index contributed by atoms with van der Waals surface area (Å²) in [4.78, 5) is 20.7. The van der Waals surface area contributed by atoms with Crippen LogP contribution in [-0.4, -0.2) is 42.6 Å². The maximum Gasteiger partial charge on any atom is 0.177 e. The average Bonchev–Trinajstić information content (AvgIpc) is 3.26. The Bertz CT molecular complexity index is 876. The van der Waals surface area contributed by atoms with Crippen LogP contribution in [0.25, 0.3) is 5.65 Å². The Morgan fingerprint density at radius 3 is 2.56 bits per heavy atom. The lowest BCUT2D eigenvalue weighted by Gasteiger charge is -2.17. The van der Waals surface area contributed by atoms with Gasteiger partial charge in [0.15, 0.2) is 11.5 Å². The Morgan fingerprint density at radius 1 is 1.04 bits per heavy atom. The third-order valence-corrected chi connectivity index (χ3v) is 5.04. The molecule has 3 aromatic rings. The number of hydrogen-bond acceptors (Lipinski definition) is 6. The molecule has 0 amide bonds. The summed E-state index contributed by atoms with van der Waals surface area (Å²) in [5.74, 6) is 2.72. The zero-order chi connectivity index (χ0) is 17.4. The Kier molecular flexibility index (Phi) is 4.53. The molecule has 1 fully saturated rings. The molecule has 0 unspecified atom stereocenters. The van der Waals surface area contributed by atoms with Crippen LogP contribution in [0.15, 0.2) is 12.3 Å². The van der Waals surface area contributed by atoms with Crippen molar-refractivity contribution in [2.75, 3.05) is 18.0 Å². The molecule has 25 heavy (non-hydrogen) atoms. The third-order valence-electron chi connectivity index (χ3n) is 4.48. The summed E-state index contributed by atoms with van der Waals surface area (Å²) in [6, 6.07) is 2.07. The first kappa shape index (κ1) is 16.6. The molecule has 0 radical (unpaired) electrons. The predicted octanol–water partition coefficient (Wildman–Crippen LogP) is 2.52. The standard InChI is InChI=1S/C17H20IN7/c1-11-10-19-12(2)17-22-15(23-25(11)17)6-5-14-20-13(18)9-16(21-14)24-7-3-4-8-24/h9-10H,3-8H2,1-2H3. The molecule has 0 aliphatic carbocycles. The largest absolute Gasteiger partial charge is 0.356 e. The van der Waals surface area contributed by atoms with Gasteiger partial charge in [-0.25, -0.2) is 19.5 Å². The van der Waals surface area contributed by atoms with Gasteiger partial charge in [-0.3, -0.25) is 4.98 Å². The van der Waals surface area contributed by atoms with Crippen molar-refractivity contribution in [3.63, 3.8) is 0 Å². The summed E-state index contributed by atoms with van der Waals surface area (Å²) in [6.07, 6.45) is 5.77. The van der Waals surface area contributed by atoms with E-state index in [9.17, 15) is 0 Å². The molecule has 1 aliphatic rings. The van der Waals surface area contributed by atoms with Crippen LogP contribution in [0.3, 0.4) is 0 Å². The molecule has 0 aromatic carbocycles. The second-order valence-corrected chi connectivity index (χ2v) is 7.51. The molecule has 4 rings (SSSR count). The molecule has 1 aliphatic heterocycles. The number of anilines is 1. The molecule has 4 heterocycles. The summed E-state index contributed by atoms with van der Waals surface area (Å²) in [5.41, 5.74) is 2.71. The summed E-state index contributed by atoms with van der Waals surface area (Å²) in [5, 5.41) is 4.61. The van der Waals surface area contributed by atoms with Crippen molar-refractivity contribution in [3.05, 3.63) is 39.0 Å². The van der Waals surface area contributed by atoms with Crippen molar-refractivity contribution in [2.45, 2.75) is 39.5 Å². The van der Waals surface area contributed by atoms with E-state index in [1.165, 1.54) is 12.8 Å². The van der Waals surface area contributed by atoms with E-state index in [0.29, 0.717) is 0 Å². The van der Waals surface area contributed by atoms with E-state index in [2.05, 4.69) is 53.6 Å². The summed E-state index contributed by atoms with van der Waals surface area (Å²) < 4.78 is 2.85. The van der Waals surface area contributed by atoms with Gasteiger partial charge >= 0.3 is 0 Å². The first-order valence-corrected chi connectivity index (χ1v) is 9.64. The molecular formula is C17H20IN7.